The van der Waals surface area contributed by atoms with Gasteiger partial charge in [0.25, 0.3) is 5.91 Å². The van der Waals surface area contributed by atoms with Crippen LogP contribution in [0.2, 0.25) is 0 Å². The Bertz CT molecular complexity index is 1290. The van der Waals surface area contributed by atoms with E-state index in [0.717, 1.165) is 11.6 Å². The summed E-state index contributed by atoms with van der Waals surface area (Å²) in [6, 6.07) is 10.9. The molecule has 0 spiro atoms. The summed E-state index contributed by atoms with van der Waals surface area (Å²) in [5.41, 5.74) is 1.14. The fourth-order valence-corrected chi connectivity index (χ4v) is 5.56. The van der Waals surface area contributed by atoms with Crippen LogP contribution in [0.1, 0.15) is 46.0 Å². The summed E-state index contributed by atoms with van der Waals surface area (Å²) in [5, 5.41) is 2.45. The highest BCUT2D eigenvalue weighted by molar-refractivity contribution is 7.09. The maximum absolute atomic E-state index is 13.3. The van der Waals surface area contributed by atoms with Crippen molar-refractivity contribution in [1.29, 1.82) is 0 Å². The van der Waals surface area contributed by atoms with Crippen LogP contribution >= 0.6 is 11.3 Å². The Balaban J connectivity index is 1.35. The normalized spacial score (nSPS) is 19.3. The molecule has 202 valence electrons. The van der Waals surface area contributed by atoms with Gasteiger partial charge in [-0.25, -0.2) is 4.98 Å². The first kappa shape index (κ1) is 26.5. The molecule has 3 heterocycles. The SMILES string of the molecule is CC1CN(C(=O)c2csc(CN(Cc3cccc(C(F)(F)F)c3)Cc3ccc4c(c3)OCO4)n2)CC(C)O1. The lowest BCUT2D eigenvalue weighted by atomic mass is 10.1. The van der Waals surface area contributed by atoms with Crippen LogP contribution in [0, 0.1) is 0 Å². The topological polar surface area (TPSA) is 64.1 Å². The second-order valence-corrected chi connectivity index (χ2v) is 10.6. The minimum atomic E-state index is -4.42. The minimum absolute atomic E-state index is 0.0505. The van der Waals surface area contributed by atoms with Crippen molar-refractivity contribution in [2.45, 2.75) is 51.9 Å². The van der Waals surface area contributed by atoms with Crippen molar-refractivity contribution >= 4 is 17.2 Å². The molecule has 0 saturated carbocycles. The molecule has 3 aromatic rings. The second-order valence-electron chi connectivity index (χ2n) is 9.62. The van der Waals surface area contributed by atoms with Crippen molar-refractivity contribution in [1.82, 2.24) is 14.8 Å². The van der Waals surface area contributed by atoms with E-state index in [-0.39, 0.29) is 31.5 Å². The molecule has 2 unspecified atom stereocenters. The summed E-state index contributed by atoms with van der Waals surface area (Å²) >= 11 is 1.36. The number of amides is 1. The summed E-state index contributed by atoms with van der Waals surface area (Å²) in [6.07, 6.45) is -4.52. The Morgan fingerprint density at radius 2 is 1.74 bits per heavy atom. The van der Waals surface area contributed by atoms with Gasteiger partial charge < -0.3 is 19.1 Å². The van der Waals surface area contributed by atoms with Crippen molar-refractivity contribution in [2.75, 3.05) is 19.9 Å². The van der Waals surface area contributed by atoms with E-state index in [4.69, 9.17) is 14.2 Å². The van der Waals surface area contributed by atoms with Gasteiger partial charge in [0.05, 0.1) is 24.3 Å². The molecule has 11 heteroatoms. The highest BCUT2D eigenvalue weighted by Gasteiger charge is 2.31. The number of morpholine rings is 1. The molecule has 0 bridgehead atoms. The Labute approximate surface area is 222 Å². The number of halogens is 3. The van der Waals surface area contributed by atoms with Crippen LogP contribution in [-0.4, -0.2) is 52.8 Å². The molecule has 7 nitrogen and oxygen atoms in total. The van der Waals surface area contributed by atoms with E-state index in [0.29, 0.717) is 53.9 Å². The number of benzene rings is 2. The summed E-state index contributed by atoms with van der Waals surface area (Å²) in [4.78, 5) is 21.4. The van der Waals surface area contributed by atoms with E-state index in [1.807, 2.05) is 36.9 Å². The number of thiazole rings is 1. The largest absolute Gasteiger partial charge is 0.454 e. The van der Waals surface area contributed by atoms with E-state index in [1.165, 1.54) is 23.5 Å². The number of carbonyl (C=O) groups excluding carboxylic acids is 1. The van der Waals surface area contributed by atoms with Gasteiger partial charge in [-0.3, -0.25) is 9.69 Å². The summed E-state index contributed by atoms with van der Waals surface area (Å²) in [7, 11) is 0. The van der Waals surface area contributed by atoms with Crippen molar-refractivity contribution in [3.8, 4) is 11.5 Å². The lowest BCUT2D eigenvalue weighted by molar-refractivity contribution is -0.137. The Morgan fingerprint density at radius 1 is 1.03 bits per heavy atom. The molecule has 38 heavy (non-hydrogen) atoms. The number of ether oxygens (including phenoxy) is 3. The van der Waals surface area contributed by atoms with Gasteiger partial charge in [-0.05, 0) is 43.2 Å². The van der Waals surface area contributed by atoms with E-state index in [2.05, 4.69) is 4.98 Å². The first-order chi connectivity index (χ1) is 18.1. The fourth-order valence-electron chi connectivity index (χ4n) is 4.75. The molecule has 2 aliphatic rings. The number of aromatic nitrogens is 1. The third-order valence-corrected chi connectivity index (χ3v) is 7.17. The maximum atomic E-state index is 13.3. The van der Waals surface area contributed by atoms with Gasteiger partial charge in [-0.1, -0.05) is 24.3 Å². The number of carbonyl (C=O) groups is 1. The third kappa shape index (κ3) is 6.28. The monoisotopic (exact) mass is 547 g/mol. The third-order valence-electron chi connectivity index (χ3n) is 6.34. The molecule has 1 aromatic heterocycles. The zero-order valence-corrected chi connectivity index (χ0v) is 21.8. The molecule has 1 amide bonds. The van der Waals surface area contributed by atoms with Gasteiger partial charge in [0.2, 0.25) is 6.79 Å². The second kappa shape index (κ2) is 10.9. The molecular weight excluding hydrogens is 519 g/mol. The summed E-state index contributed by atoms with van der Waals surface area (Å²) < 4.78 is 56.5. The van der Waals surface area contributed by atoms with E-state index >= 15 is 0 Å². The average molecular weight is 548 g/mol. The molecule has 2 aliphatic heterocycles. The Hall–Kier alpha value is -3.15. The lowest BCUT2D eigenvalue weighted by Crippen LogP contribution is -2.48. The number of rotatable bonds is 7. The van der Waals surface area contributed by atoms with Gasteiger partial charge in [0.1, 0.15) is 10.7 Å². The van der Waals surface area contributed by atoms with E-state index < -0.39 is 11.7 Å². The zero-order valence-electron chi connectivity index (χ0n) is 21.0. The molecule has 2 aromatic carbocycles. The van der Waals surface area contributed by atoms with E-state index in [1.54, 1.807) is 16.3 Å². The standard InChI is InChI=1S/C27H28F3N3O4S/c1-17-10-33(11-18(2)37-17)26(34)22-15-38-25(31-22)14-32(12-19-4-3-5-21(8-19)27(28,29)30)13-20-6-7-23-24(9-20)36-16-35-23/h3-9,15,17-18H,10-14,16H2,1-2H3. The van der Waals surface area contributed by atoms with Crippen LogP contribution in [0.25, 0.3) is 0 Å². The summed E-state index contributed by atoms with van der Waals surface area (Å²) in [6.45, 7) is 6.09. The van der Waals surface area contributed by atoms with Crippen molar-refractivity contribution in [3.05, 3.63) is 75.2 Å². The molecule has 0 aliphatic carbocycles. The van der Waals surface area contributed by atoms with Crippen LogP contribution < -0.4 is 9.47 Å². The molecule has 2 atom stereocenters. The molecular formula is C27H28F3N3O4S. The smallest absolute Gasteiger partial charge is 0.416 e. The number of hydrogen-bond acceptors (Lipinski definition) is 7. The van der Waals surface area contributed by atoms with Crippen LogP contribution in [-0.2, 0) is 30.5 Å². The molecule has 0 N–H and O–H groups in total. The van der Waals surface area contributed by atoms with Gasteiger partial charge >= 0.3 is 6.18 Å². The zero-order chi connectivity index (χ0) is 26.9. The van der Waals surface area contributed by atoms with Crippen molar-refractivity contribution in [3.63, 3.8) is 0 Å². The maximum Gasteiger partial charge on any atom is 0.416 e. The first-order valence-electron chi connectivity index (χ1n) is 12.3. The lowest BCUT2D eigenvalue weighted by Gasteiger charge is -2.34. The molecule has 5 rings (SSSR count). The Morgan fingerprint density at radius 3 is 2.47 bits per heavy atom. The Kier molecular flexibility index (Phi) is 7.60. The quantitative estimate of drug-likeness (QED) is 0.398. The van der Waals surface area contributed by atoms with Crippen LogP contribution in [0.4, 0.5) is 13.2 Å². The molecule has 1 saturated heterocycles. The summed E-state index contributed by atoms with van der Waals surface area (Å²) in [5.74, 6) is 1.15. The van der Waals surface area contributed by atoms with Crippen LogP contribution in [0.15, 0.2) is 47.8 Å². The number of fused-ring (bicyclic) bond motifs is 1. The van der Waals surface area contributed by atoms with Crippen molar-refractivity contribution < 1.29 is 32.2 Å². The average Bonchev–Trinajstić information content (AvgIpc) is 3.52. The minimum Gasteiger partial charge on any atom is -0.454 e. The highest BCUT2D eigenvalue weighted by Crippen LogP contribution is 2.34. The number of alkyl halides is 3. The van der Waals surface area contributed by atoms with Gasteiger partial charge in [0, 0.05) is 31.6 Å². The number of nitrogens with zero attached hydrogens (tertiary/aromatic N) is 3. The number of hydrogen-bond donors (Lipinski definition) is 0. The highest BCUT2D eigenvalue weighted by atomic mass is 32.1. The van der Waals surface area contributed by atoms with Gasteiger partial charge in [-0.2, -0.15) is 13.2 Å². The predicted octanol–water partition coefficient (Wildman–Crippen LogP) is 5.34. The van der Waals surface area contributed by atoms with E-state index in [9.17, 15) is 18.0 Å². The molecule has 1 fully saturated rings. The first-order valence-corrected chi connectivity index (χ1v) is 13.2. The fraction of sp³-hybridized carbons (Fsp3) is 0.407. The van der Waals surface area contributed by atoms with Gasteiger partial charge in [-0.15, -0.1) is 11.3 Å². The predicted molar refractivity (Wildman–Crippen MR) is 135 cm³/mol. The molecule has 0 radical (unpaired) electrons. The van der Waals surface area contributed by atoms with Crippen molar-refractivity contribution in [2.24, 2.45) is 0 Å². The van der Waals surface area contributed by atoms with Crippen LogP contribution in [0.3, 0.4) is 0 Å². The van der Waals surface area contributed by atoms with Crippen LogP contribution in [0.5, 0.6) is 11.5 Å². The van der Waals surface area contributed by atoms with Gasteiger partial charge in [0.15, 0.2) is 11.5 Å².